The number of nitrogens with zero attached hydrogens (tertiary/aromatic N) is 2. The molecule has 1 aromatic heterocycles. The Kier molecular flexibility index (Phi) is 5.80. The van der Waals surface area contributed by atoms with Gasteiger partial charge in [0.05, 0.1) is 5.56 Å². The molecule has 0 radical (unpaired) electrons. The van der Waals surface area contributed by atoms with Crippen LogP contribution in [0.25, 0.3) is 0 Å². The van der Waals surface area contributed by atoms with Crippen LogP contribution in [0.4, 0.5) is 5.69 Å². The Hall–Kier alpha value is -1.58. The second kappa shape index (κ2) is 7.12. The molecule has 4 heteroatoms. The number of aromatic nitrogens is 1. The highest BCUT2D eigenvalue weighted by atomic mass is 16.2. The van der Waals surface area contributed by atoms with Crippen LogP contribution in [-0.4, -0.2) is 35.9 Å². The zero-order valence-corrected chi connectivity index (χ0v) is 12.6. The predicted octanol–water partition coefficient (Wildman–Crippen LogP) is 2.88. The maximum Gasteiger partial charge on any atom is 0.257 e. The van der Waals surface area contributed by atoms with Crippen LogP contribution in [0, 0.1) is 11.8 Å². The molecule has 1 amide bonds. The van der Waals surface area contributed by atoms with Crippen molar-refractivity contribution in [2.24, 2.45) is 11.8 Å². The summed E-state index contributed by atoms with van der Waals surface area (Å²) < 4.78 is 0. The first-order valence-corrected chi connectivity index (χ1v) is 6.86. The van der Waals surface area contributed by atoms with Crippen LogP contribution in [0.5, 0.6) is 0 Å². The summed E-state index contributed by atoms with van der Waals surface area (Å²) in [6, 6.07) is 1.83. The predicted molar refractivity (Wildman–Crippen MR) is 79.4 cm³/mol. The molecule has 0 aliphatic heterocycles. The average Bonchev–Trinajstić information content (AvgIpc) is 2.36. The molecule has 0 saturated carbocycles. The second-order valence-electron chi connectivity index (χ2n) is 5.67. The van der Waals surface area contributed by atoms with Crippen LogP contribution in [0.3, 0.4) is 0 Å². The monoisotopic (exact) mass is 263 g/mol. The topological polar surface area (TPSA) is 45.2 Å². The van der Waals surface area contributed by atoms with E-state index in [0.717, 1.165) is 18.8 Å². The summed E-state index contributed by atoms with van der Waals surface area (Å²) in [5, 5.41) is 3.05. The quantitative estimate of drug-likeness (QED) is 0.858. The van der Waals surface area contributed by atoms with E-state index in [1.807, 2.05) is 18.0 Å². The molecule has 0 aromatic carbocycles. The molecule has 0 saturated heterocycles. The van der Waals surface area contributed by atoms with Gasteiger partial charge in [-0.25, -0.2) is 0 Å². The lowest BCUT2D eigenvalue weighted by Crippen LogP contribution is -2.37. The third-order valence-electron chi connectivity index (χ3n) is 2.78. The lowest BCUT2D eigenvalue weighted by atomic mass is 10.1. The first-order chi connectivity index (χ1) is 8.95. The molecule has 4 nitrogen and oxygen atoms in total. The van der Waals surface area contributed by atoms with Gasteiger partial charge in [0, 0.05) is 38.2 Å². The second-order valence-corrected chi connectivity index (χ2v) is 5.67. The Morgan fingerprint density at radius 3 is 2.32 bits per heavy atom. The van der Waals surface area contributed by atoms with Crippen LogP contribution in [0.1, 0.15) is 38.1 Å². The fourth-order valence-electron chi connectivity index (χ4n) is 2.08. The van der Waals surface area contributed by atoms with Crippen molar-refractivity contribution >= 4 is 11.6 Å². The molecule has 0 bridgehead atoms. The standard InChI is InChI=1S/C15H25N3O/c1-11(2)9-18(10-12(3)4)15(19)13-8-17-7-6-14(13)16-5/h6-8,11-12H,9-10H2,1-5H3,(H,16,17). The van der Waals surface area contributed by atoms with Gasteiger partial charge in [0.2, 0.25) is 0 Å². The normalized spacial score (nSPS) is 10.9. The summed E-state index contributed by atoms with van der Waals surface area (Å²) in [6.45, 7) is 10.1. The van der Waals surface area contributed by atoms with Crippen molar-refractivity contribution in [3.05, 3.63) is 24.0 Å². The third-order valence-corrected chi connectivity index (χ3v) is 2.78. The highest BCUT2D eigenvalue weighted by Gasteiger charge is 2.20. The zero-order valence-electron chi connectivity index (χ0n) is 12.6. The lowest BCUT2D eigenvalue weighted by Gasteiger charge is -2.27. The van der Waals surface area contributed by atoms with Crippen molar-refractivity contribution in [1.82, 2.24) is 9.88 Å². The van der Waals surface area contributed by atoms with E-state index in [1.165, 1.54) is 0 Å². The summed E-state index contributed by atoms with van der Waals surface area (Å²) in [4.78, 5) is 18.6. The number of pyridine rings is 1. The molecule has 1 heterocycles. The van der Waals surface area contributed by atoms with Gasteiger partial charge in [0.15, 0.2) is 0 Å². The van der Waals surface area contributed by atoms with Crippen molar-refractivity contribution in [2.45, 2.75) is 27.7 Å². The summed E-state index contributed by atoms with van der Waals surface area (Å²) in [7, 11) is 1.82. The van der Waals surface area contributed by atoms with E-state index >= 15 is 0 Å². The van der Waals surface area contributed by atoms with Crippen LogP contribution < -0.4 is 5.32 Å². The van der Waals surface area contributed by atoms with Gasteiger partial charge in [0.25, 0.3) is 5.91 Å². The number of rotatable bonds is 6. The van der Waals surface area contributed by atoms with Crippen molar-refractivity contribution in [1.29, 1.82) is 0 Å². The molecule has 0 fully saturated rings. The number of hydrogen-bond acceptors (Lipinski definition) is 3. The Bertz CT molecular complexity index is 406. The molecule has 1 N–H and O–H groups in total. The van der Waals surface area contributed by atoms with Crippen LogP contribution in [0.2, 0.25) is 0 Å². The number of nitrogens with one attached hydrogen (secondary N) is 1. The molecule has 0 atom stereocenters. The van der Waals surface area contributed by atoms with Gasteiger partial charge < -0.3 is 10.2 Å². The molecule has 1 aromatic rings. The van der Waals surface area contributed by atoms with Crippen LogP contribution in [-0.2, 0) is 0 Å². The van der Waals surface area contributed by atoms with E-state index in [1.54, 1.807) is 12.4 Å². The molecule has 1 rings (SSSR count). The van der Waals surface area contributed by atoms with Crippen molar-refractivity contribution in [3.8, 4) is 0 Å². The zero-order chi connectivity index (χ0) is 14.4. The van der Waals surface area contributed by atoms with Gasteiger partial charge in [0.1, 0.15) is 0 Å². The van der Waals surface area contributed by atoms with Crippen molar-refractivity contribution in [3.63, 3.8) is 0 Å². The summed E-state index contributed by atoms with van der Waals surface area (Å²) in [5.74, 6) is 0.967. The van der Waals surface area contributed by atoms with Gasteiger partial charge in [-0.05, 0) is 17.9 Å². The highest BCUT2D eigenvalue weighted by Crippen LogP contribution is 2.17. The smallest absolute Gasteiger partial charge is 0.257 e. The van der Waals surface area contributed by atoms with Crippen molar-refractivity contribution in [2.75, 3.05) is 25.5 Å². The maximum absolute atomic E-state index is 12.6. The fraction of sp³-hybridized carbons (Fsp3) is 0.600. The fourth-order valence-corrected chi connectivity index (χ4v) is 2.08. The summed E-state index contributed by atoms with van der Waals surface area (Å²) >= 11 is 0. The van der Waals surface area contributed by atoms with Gasteiger partial charge in [-0.3, -0.25) is 9.78 Å². The number of carbonyl (C=O) groups is 1. The molecular weight excluding hydrogens is 238 g/mol. The minimum absolute atomic E-state index is 0.0554. The number of carbonyl (C=O) groups excluding carboxylic acids is 1. The van der Waals surface area contributed by atoms with Crippen molar-refractivity contribution < 1.29 is 4.79 Å². The van der Waals surface area contributed by atoms with E-state index < -0.39 is 0 Å². The van der Waals surface area contributed by atoms with E-state index in [4.69, 9.17) is 0 Å². The molecule has 19 heavy (non-hydrogen) atoms. The SMILES string of the molecule is CNc1ccncc1C(=O)N(CC(C)C)CC(C)C. The Labute approximate surface area is 116 Å². The Morgan fingerprint density at radius 1 is 1.26 bits per heavy atom. The Balaban J connectivity index is 2.97. The van der Waals surface area contributed by atoms with Gasteiger partial charge >= 0.3 is 0 Å². The minimum atomic E-state index is 0.0554. The van der Waals surface area contributed by atoms with Gasteiger partial charge in [-0.2, -0.15) is 0 Å². The Morgan fingerprint density at radius 2 is 1.84 bits per heavy atom. The van der Waals surface area contributed by atoms with E-state index in [-0.39, 0.29) is 5.91 Å². The number of amides is 1. The van der Waals surface area contributed by atoms with E-state index in [9.17, 15) is 4.79 Å². The largest absolute Gasteiger partial charge is 0.387 e. The molecule has 0 aliphatic carbocycles. The first kappa shape index (κ1) is 15.5. The van der Waals surface area contributed by atoms with E-state index in [0.29, 0.717) is 17.4 Å². The lowest BCUT2D eigenvalue weighted by molar-refractivity contribution is 0.0715. The highest BCUT2D eigenvalue weighted by molar-refractivity contribution is 5.99. The molecule has 0 aliphatic rings. The first-order valence-electron chi connectivity index (χ1n) is 6.86. The number of hydrogen-bond donors (Lipinski definition) is 1. The van der Waals surface area contributed by atoms with E-state index in [2.05, 4.69) is 38.0 Å². The van der Waals surface area contributed by atoms with Gasteiger partial charge in [-0.15, -0.1) is 0 Å². The van der Waals surface area contributed by atoms with Crippen LogP contribution in [0.15, 0.2) is 18.5 Å². The molecular formula is C15H25N3O. The molecule has 0 unspecified atom stereocenters. The molecule has 0 spiro atoms. The number of anilines is 1. The van der Waals surface area contributed by atoms with Gasteiger partial charge in [-0.1, -0.05) is 27.7 Å². The maximum atomic E-state index is 12.6. The molecule has 106 valence electrons. The minimum Gasteiger partial charge on any atom is -0.387 e. The third kappa shape index (κ3) is 4.54. The summed E-state index contributed by atoms with van der Waals surface area (Å²) in [5.41, 5.74) is 1.48. The van der Waals surface area contributed by atoms with Crippen LogP contribution >= 0.6 is 0 Å². The average molecular weight is 263 g/mol. The summed E-state index contributed by atoms with van der Waals surface area (Å²) in [6.07, 6.45) is 3.33.